The van der Waals surface area contributed by atoms with Gasteiger partial charge in [-0.2, -0.15) is 0 Å². The van der Waals surface area contributed by atoms with Crippen LogP contribution in [0.5, 0.6) is 0 Å². The molecular formula is C7H17NO2. The summed E-state index contributed by atoms with van der Waals surface area (Å²) in [5, 5.41) is 9.22. The fourth-order valence-electron chi connectivity index (χ4n) is 0.696. The van der Waals surface area contributed by atoms with Gasteiger partial charge < -0.3 is 9.84 Å². The van der Waals surface area contributed by atoms with E-state index in [0.717, 1.165) is 13.0 Å². The SMILES string of the molecule is CCC(O)N(C)CCOC. The molecule has 0 spiro atoms. The van der Waals surface area contributed by atoms with E-state index in [-0.39, 0.29) is 6.23 Å². The van der Waals surface area contributed by atoms with Gasteiger partial charge in [-0.15, -0.1) is 0 Å². The highest BCUT2D eigenvalue weighted by molar-refractivity contribution is 4.52. The molecule has 0 aliphatic heterocycles. The van der Waals surface area contributed by atoms with Crippen LogP contribution in [0.4, 0.5) is 0 Å². The Balaban J connectivity index is 3.31. The van der Waals surface area contributed by atoms with Gasteiger partial charge in [0.15, 0.2) is 0 Å². The number of likely N-dealkylation sites (N-methyl/N-ethyl adjacent to an activating group) is 1. The maximum atomic E-state index is 9.22. The van der Waals surface area contributed by atoms with Gasteiger partial charge in [-0.05, 0) is 13.5 Å². The third kappa shape index (κ3) is 3.82. The molecule has 0 aromatic carbocycles. The number of nitrogens with zero attached hydrogens (tertiary/aromatic N) is 1. The molecule has 0 amide bonds. The van der Waals surface area contributed by atoms with Crippen molar-refractivity contribution in [3.63, 3.8) is 0 Å². The number of hydrogen-bond donors (Lipinski definition) is 1. The lowest BCUT2D eigenvalue weighted by Gasteiger charge is -2.21. The first-order chi connectivity index (χ1) is 4.72. The number of aliphatic hydroxyl groups excluding tert-OH is 1. The minimum absolute atomic E-state index is 0.324. The molecule has 0 saturated carbocycles. The second-order valence-electron chi connectivity index (χ2n) is 2.36. The topological polar surface area (TPSA) is 32.7 Å². The minimum Gasteiger partial charge on any atom is -0.383 e. The molecule has 0 saturated heterocycles. The van der Waals surface area contributed by atoms with Gasteiger partial charge in [-0.1, -0.05) is 6.92 Å². The van der Waals surface area contributed by atoms with Crippen LogP contribution in [0, 0.1) is 0 Å². The van der Waals surface area contributed by atoms with E-state index >= 15 is 0 Å². The molecule has 0 rings (SSSR count). The summed E-state index contributed by atoms with van der Waals surface area (Å²) in [7, 11) is 3.54. The van der Waals surface area contributed by atoms with E-state index < -0.39 is 0 Å². The highest BCUT2D eigenvalue weighted by atomic mass is 16.5. The van der Waals surface area contributed by atoms with Crippen LogP contribution < -0.4 is 0 Å². The summed E-state index contributed by atoms with van der Waals surface area (Å²) in [6.45, 7) is 3.41. The van der Waals surface area contributed by atoms with E-state index in [2.05, 4.69) is 0 Å². The van der Waals surface area contributed by atoms with Crippen LogP contribution in [0.15, 0.2) is 0 Å². The number of hydrogen-bond acceptors (Lipinski definition) is 3. The van der Waals surface area contributed by atoms with Crippen LogP contribution in [0.2, 0.25) is 0 Å². The van der Waals surface area contributed by atoms with Crippen molar-refractivity contribution in [2.75, 3.05) is 27.3 Å². The van der Waals surface area contributed by atoms with Crippen LogP contribution in [0.25, 0.3) is 0 Å². The number of rotatable bonds is 5. The predicted molar refractivity (Wildman–Crippen MR) is 40.8 cm³/mol. The Morgan fingerprint density at radius 2 is 2.20 bits per heavy atom. The first-order valence-electron chi connectivity index (χ1n) is 3.59. The second-order valence-corrected chi connectivity index (χ2v) is 2.36. The molecule has 0 radical (unpaired) electrons. The monoisotopic (exact) mass is 147 g/mol. The summed E-state index contributed by atoms with van der Waals surface area (Å²) in [6, 6.07) is 0. The van der Waals surface area contributed by atoms with Crippen LogP contribution in [0.3, 0.4) is 0 Å². The number of aliphatic hydroxyl groups is 1. The molecule has 0 aromatic heterocycles. The lowest BCUT2D eigenvalue weighted by atomic mass is 10.4. The Morgan fingerprint density at radius 3 is 2.60 bits per heavy atom. The Hall–Kier alpha value is -0.120. The highest BCUT2D eigenvalue weighted by Crippen LogP contribution is 1.95. The van der Waals surface area contributed by atoms with E-state index in [9.17, 15) is 5.11 Å². The molecule has 0 heterocycles. The van der Waals surface area contributed by atoms with Crippen molar-refractivity contribution in [2.24, 2.45) is 0 Å². The van der Waals surface area contributed by atoms with Gasteiger partial charge in [0.1, 0.15) is 6.23 Å². The lowest BCUT2D eigenvalue weighted by molar-refractivity contribution is 0.00576. The predicted octanol–water partition coefficient (Wildman–Crippen LogP) is 0.293. The van der Waals surface area contributed by atoms with Crippen molar-refractivity contribution < 1.29 is 9.84 Å². The first-order valence-corrected chi connectivity index (χ1v) is 3.59. The molecule has 3 nitrogen and oxygen atoms in total. The molecule has 10 heavy (non-hydrogen) atoms. The van der Waals surface area contributed by atoms with Crippen molar-refractivity contribution in [3.05, 3.63) is 0 Å². The fraction of sp³-hybridized carbons (Fsp3) is 1.00. The average Bonchev–Trinajstić information content (AvgIpc) is 1.98. The Morgan fingerprint density at radius 1 is 1.60 bits per heavy atom. The quantitative estimate of drug-likeness (QED) is 0.567. The Labute approximate surface area is 62.6 Å². The largest absolute Gasteiger partial charge is 0.383 e. The Bertz CT molecular complexity index is 78.0. The average molecular weight is 147 g/mol. The van der Waals surface area contributed by atoms with E-state index in [4.69, 9.17) is 4.74 Å². The van der Waals surface area contributed by atoms with Gasteiger partial charge in [0.05, 0.1) is 6.61 Å². The molecule has 62 valence electrons. The molecular weight excluding hydrogens is 130 g/mol. The van der Waals surface area contributed by atoms with Crippen LogP contribution in [0.1, 0.15) is 13.3 Å². The molecule has 0 aromatic rings. The van der Waals surface area contributed by atoms with Crippen molar-refractivity contribution in [1.29, 1.82) is 0 Å². The van der Waals surface area contributed by atoms with Crippen LogP contribution >= 0.6 is 0 Å². The first kappa shape index (κ1) is 9.88. The normalized spacial score (nSPS) is 14.1. The van der Waals surface area contributed by atoms with E-state index in [1.54, 1.807) is 7.11 Å². The molecule has 1 N–H and O–H groups in total. The summed E-state index contributed by atoms with van der Waals surface area (Å²) < 4.78 is 4.85. The fourth-order valence-corrected chi connectivity index (χ4v) is 0.696. The maximum absolute atomic E-state index is 9.22. The van der Waals surface area contributed by atoms with Crippen LogP contribution in [-0.4, -0.2) is 43.5 Å². The van der Waals surface area contributed by atoms with Gasteiger partial charge in [0, 0.05) is 13.7 Å². The van der Waals surface area contributed by atoms with Crippen LogP contribution in [-0.2, 0) is 4.74 Å². The molecule has 0 aliphatic rings. The Kier molecular flexibility index (Phi) is 5.58. The summed E-state index contributed by atoms with van der Waals surface area (Å²) in [5.74, 6) is 0. The van der Waals surface area contributed by atoms with E-state index in [1.165, 1.54) is 0 Å². The number of ether oxygens (including phenoxy) is 1. The van der Waals surface area contributed by atoms with Crippen molar-refractivity contribution in [2.45, 2.75) is 19.6 Å². The van der Waals surface area contributed by atoms with Gasteiger partial charge in [0.25, 0.3) is 0 Å². The maximum Gasteiger partial charge on any atom is 0.106 e. The summed E-state index contributed by atoms with van der Waals surface area (Å²) in [4.78, 5) is 1.86. The summed E-state index contributed by atoms with van der Waals surface area (Å²) >= 11 is 0. The standard InChI is InChI=1S/C7H17NO2/c1-4-7(9)8(2)5-6-10-3/h7,9H,4-6H2,1-3H3. The third-order valence-corrected chi connectivity index (χ3v) is 1.52. The lowest BCUT2D eigenvalue weighted by Crippen LogP contribution is -2.33. The molecule has 1 unspecified atom stereocenters. The zero-order chi connectivity index (χ0) is 7.98. The zero-order valence-electron chi connectivity index (χ0n) is 7.00. The third-order valence-electron chi connectivity index (χ3n) is 1.52. The number of methoxy groups -OCH3 is 1. The van der Waals surface area contributed by atoms with Crippen molar-refractivity contribution in [1.82, 2.24) is 4.90 Å². The minimum atomic E-state index is -0.324. The second kappa shape index (κ2) is 5.65. The highest BCUT2D eigenvalue weighted by Gasteiger charge is 2.06. The molecule has 0 fully saturated rings. The smallest absolute Gasteiger partial charge is 0.106 e. The summed E-state index contributed by atoms with van der Waals surface area (Å²) in [5.41, 5.74) is 0. The van der Waals surface area contributed by atoms with Gasteiger partial charge in [-0.3, -0.25) is 4.90 Å². The van der Waals surface area contributed by atoms with Crippen molar-refractivity contribution in [3.8, 4) is 0 Å². The zero-order valence-corrected chi connectivity index (χ0v) is 7.00. The van der Waals surface area contributed by atoms with Gasteiger partial charge in [-0.25, -0.2) is 0 Å². The molecule has 1 atom stereocenters. The van der Waals surface area contributed by atoms with E-state index in [0.29, 0.717) is 6.61 Å². The van der Waals surface area contributed by atoms with E-state index in [1.807, 2.05) is 18.9 Å². The van der Waals surface area contributed by atoms with Gasteiger partial charge in [0.2, 0.25) is 0 Å². The molecule has 0 aliphatic carbocycles. The summed E-state index contributed by atoms with van der Waals surface area (Å²) in [6.07, 6.45) is 0.440. The van der Waals surface area contributed by atoms with Crippen molar-refractivity contribution >= 4 is 0 Å². The van der Waals surface area contributed by atoms with Gasteiger partial charge >= 0.3 is 0 Å². The molecule has 0 bridgehead atoms. The molecule has 3 heteroatoms.